The van der Waals surface area contributed by atoms with E-state index in [4.69, 9.17) is 28.4 Å². The molecule has 0 atom stereocenters. The third-order valence-corrected chi connectivity index (χ3v) is 4.29. The van der Waals surface area contributed by atoms with Gasteiger partial charge >= 0.3 is 11.9 Å². The largest absolute Gasteiger partial charge is 0.494 e. The first kappa shape index (κ1) is 28.5. The average molecular weight is 467 g/mol. The van der Waals surface area contributed by atoms with Crippen molar-refractivity contribution >= 4 is 11.9 Å². The molecule has 0 radical (unpaired) electrons. The fraction of sp³-hybridized carbons (Fsp3) is 0.600. The summed E-state index contributed by atoms with van der Waals surface area (Å²) < 4.78 is 32.2. The van der Waals surface area contributed by atoms with Crippen molar-refractivity contribution in [3.63, 3.8) is 0 Å². The summed E-state index contributed by atoms with van der Waals surface area (Å²) in [4.78, 5) is 22.8. The molecular weight excluding hydrogens is 428 g/mol. The summed E-state index contributed by atoms with van der Waals surface area (Å²) in [5, 5.41) is 0. The molecule has 8 nitrogen and oxygen atoms in total. The molecule has 0 aliphatic rings. The maximum atomic E-state index is 11.6. The van der Waals surface area contributed by atoms with Gasteiger partial charge < -0.3 is 28.4 Å². The smallest absolute Gasteiger partial charge is 0.333 e. The monoisotopic (exact) mass is 466 g/mol. The zero-order valence-electron chi connectivity index (χ0n) is 20.0. The van der Waals surface area contributed by atoms with Crippen molar-refractivity contribution in [2.24, 2.45) is 0 Å². The highest BCUT2D eigenvalue weighted by Crippen LogP contribution is 2.19. The minimum Gasteiger partial charge on any atom is -0.494 e. The van der Waals surface area contributed by atoms with Crippen molar-refractivity contribution in [3.05, 3.63) is 36.4 Å². The van der Waals surface area contributed by atoms with E-state index in [0.29, 0.717) is 64.5 Å². The van der Waals surface area contributed by atoms with Gasteiger partial charge in [-0.1, -0.05) is 12.6 Å². The molecular formula is C25H38O8. The molecule has 0 spiro atoms. The second-order valence-electron chi connectivity index (χ2n) is 7.28. The summed E-state index contributed by atoms with van der Waals surface area (Å²) >= 11 is 0. The van der Waals surface area contributed by atoms with Crippen LogP contribution in [-0.4, -0.2) is 64.8 Å². The fourth-order valence-electron chi connectivity index (χ4n) is 2.60. The second-order valence-corrected chi connectivity index (χ2v) is 7.28. The summed E-state index contributed by atoms with van der Waals surface area (Å²) in [6, 6.07) is 7.55. The molecule has 8 heteroatoms. The predicted molar refractivity (Wildman–Crippen MR) is 125 cm³/mol. The van der Waals surface area contributed by atoms with Crippen LogP contribution in [0.4, 0.5) is 0 Å². The van der Waals surface area contributed by atoms with E-state index in [1.165, 1.54) is 0 Å². The summed E-state index contributed by atoms with van der Waals surface area (Å²) in [6.07, 6.45) is 3.26. The van der Waals surface area contributed by atoms with Gasteiger partial charge in [0.25, 0.3) is 0 Å². The lowest BCUT2D eigenvalue weighted by Gasteiger charge is -2.09. The molecule has 0 saturated carbocycles. The molecule has 0 unspecified atom stereocenters. The highest BCUT2D eigenvalue weighted by Gasteiger charge is 2.05. The van der Waals surface area contributed by atoms with Gasteiger partial charge in [0.1, 0.15) is 24.7 Å². The van der Waals surface area contributed by atoms with E-state index in [-0.39, 0.29) is 19.2 Å². The number of benzene rings is 1. The van der Waals surface area contributed by atoms with Gasteiger partial charge in [-0.05, 0) is 51.7 Å². The Bertz CT molecular complexity index is 689. The van der Waals surface area contributed by atoms with Gasteiger partial charge in [-0.15, -0.1) is 0 Å². The lowest BCUT2D eigenvalue weighted by atomic mass is 10.2. The Balaban J connectivity index is 1.84. The van der Waals surface area contributed by atoms with Crippen LogP contribution in [0.1, 0.15) is 46.0 Å². The van der Waals surface area contributed by atoms with Crippen LogP contribution in [0.25, 0.3) is 0 Å². The van der Waals surface area contributed by atoms with E-state index in [1.54, 1.807) is 6.92 Å². The van der Waals surface area contributed by atoms with E-state index in [2.05, 4.69) is 6.58 Å². The van der Waals surface area contributed by atoms with Crippen LogP contribution in [0.2, 0.25) is 0 Å². The van der Waals surface area contributed by atoms with Gasteiger partial charge in [0.15, 0.2) is 0 Å². The Morgan fingerprint density at radius 3 is 2.09 bits per heavy atom. The van der Waals surface area contributed by atoms with Gasteiger partial charge in [-0.2, -0.15) is 0 Å². The van der Waals surface area contributed by atoms with Gasteiger partial charge in [-0.25, -0.2) is 4.79 Å². The Kier molecular flexibility index (Phi) is 16.3. The van der Waals surface area contributed by atoms with Crippen molar-refractivity contribution < 1.29 is 38.0 Å². The van der Waals surface area contributed by atoms with Crippen molar-refractivity contribution in [2.75, 3.05) is 52.9 Å². The van der Waals surface area contributed by atoms with Crippen LogP contribution in [0.15, 0.2) is 36.4 Å². The SMILES string of the molecule is C=C(C)C(=O)OCCCCC(=O)OCCOCCCCOCCOc1cccc(OCC)c1. The Morgan fingerprint density at radius 1 is 0.788 bits per heavy atom. The lowest BCUT2D eigenvalue weighted by Crippen LogP contribution is -2.12. The number of carbonyl (C=O) groups is 2. The lowest BCUT2D eigenvalue weighted by molar-refractivity contribution is -0.145. The minimum atomic E-state index is -0.407. The highest BCUT2D eigenvalue weighted by atomic mass is 16.6. The number of hydrogen-bond acceptors (Lipinski definition) is 8. The molecule has 0 aromatic heterocycles. The third kappa shape index (κ3) is 15.8. The molecule has 1 aromatic carbocycles. The summed E-state index contributed by atoms with van der Waals surface area (Å²) in [5.74, 6) is 0.882. The third-order valence-electron chi connectivity index (χ3n) is 4.29. The van der Waals surface area contributed by atoms with Crippen molar-refractivity contribution in [2.45, 2.75) is 46.0 Å². The molecule has 0 amide bonds. The molecule has 0 fully saturated rings. The van der Waals surface area contributed by atoms with Gasteiger partial charge in [0, 0.05) is 31.3 Å². The molecule has 0 saturated heterocycles. The standard InChI is InChI=1S/C25H38O8/c1-4-30-22-10-9-11-23(20-22)31-18-16-28-13-7-8-14-29-17-19-32-24(26)12-5-6-15-33-25(27)21(2)3/h9-11,20H,2,4-8,12-19H2,1,3H3. The molecule has 0 heterocycles. The minimum absolute atomic E-state index is 0.238. The van der Waals surface area contributed by atoms with E-state index in [0.717, 1.165) is 24.3 Å². The Labute approximate surface area is 197 Å². The topological polar surface area (TPSA) is 89.5 Å². The van der Waals surface area contributed by atoms with Crippen LogP contribution in [-0.2, 0) is 28.5 Å². The van der Waals surface area contributed by atoms with Gasteiger partial charge in [0.2, 0.25) is 0 Å². The summed E-state index contributed by atoms with van der Waals surface area (Å²) in [7, 11) is 0. The molecule has 0 bridgehead atoms. The molecule has 0 aliphatic heterocycles. The molecule has 1 rings (SSSR count). The number of ether oxygens (including phenoxy) is 6. The molecule has 0 N–H and O–H groups in total. The van der Waals surface area contributed by atoms with Crippen LogP contribution < -0.4 is 9.47 Å². The molecule has 1 aromatic rings. The van der Waals surface area contributed by atoms with Crippen LogP contribution in [0.5, 0.6) is 11.5 Å². The number of rotatable bonds is 20. The Hall–Kier alpha value is -2.58. The van der Waals surface area contributed by atoms with Gasteiger partial charge in [0.05, 0.1) is 26.4 Å². The quantitative estimate of drug-likeness (QED) is 0.161. The Morgan fingerprint density at radius 2 is 1.42 bits per heavy atom. The number of carbonyl (C=O) groups excluding carboxylic acids is 2. The maximum Gasteiger partial charge on any atom is 0.333 e. The predicted octanol–water partition coefficient (Wildman–Crippen LogP) is 4.11. The van der Waals surface area contributed by atoms with Crippen LogP contribution in [0.3, 0.4) is 0 Å². The zero-order valence-corrected chi connectivity index (χ0v) is 20.0. The van der Waals surface area contributed by atoms with Crippen molar-refractivity contribution in [1.29, 1.82) is 0 Å². The van der Waals surface area contributed by atoms with Crippen LogP contribution in [0, 0.1) is 0 Å². The average Bonchev–Trinajstić information content (AvgIpc) is 2.79. The van der Waals surface area contributed by atoms with E-state index in [9.17, 15) is 9.59 Å². The summed E-state index contributed by atoms with van der Waals surface area (Å²) in [6.45, 7) is 10.8. The molecule has 0 aliphatic carbocycles. The van der Waals surface area contributed by atoms with Gasteiger partial charge in [-0.3, -0.25) is 4.79 Å². The summed E-state index contributed by atoms with van der Waals surface area (Å²) in [5.41, 5.74) is 0.368. The second kappa shape index (κ2) is 18.9. The first-order valence-corrected chi connectivity index (χ1v) is 11.5. The fourth-order valence-corrected chi connectivity index (χ4v) is 2.60. The molecule has 186 valence electrons. The first-order chi connectivity index (χ1) is 16.0. The van der Waals surface area contributed by atoms with Crippen LogP contribution >= 0.6 is 0 Å². The molecule has 33 heavy (non-hydrogen) atoms. The number of unbranched alkanes of at least 4 members (excludes halogenated alkanes) is 2. The van der Waals surface area contributed by atoms with Crippen molar-refractivity contribution in [3.8, 4) is 11.5 Å². The normalized spacial score (nSPS) is 10.5. The van der Waals surface area contributed by atoms with Crippen molar-refractivity contribution in [1.82, 2.24) is 0 Å². The van der Waals surface area contributed by atoms with E-state index < -0.39 is 5.97 Å². The first-order valence-electron chi connectivity index (χ1n) is 11.5. The maximum absolute atomic E-state index is 11.6. The number of hydrogen-bond donors (Lipinski definition) is 0. The van der Waals surface area contributed by atoms with E-state index >= 15 is 0 Å². The van der Waals surface area contributed by atoms with E-state index in [1.807, 2.05) is 31.2 Å². The number of esters is 2. The zero-order chi connectivity index (χ0) is 24.2. The highest BCUT2D eigenvalue weighted by molar-refractivity contribution is 5.86.